The molecule has 426 valence electrons. The van der Waals surface area contributed by atoms with Crippen molar-refractivity contribution in [3.63, 3.8) is 0 Å². The number of fused-ring (bicyclic) bond motifs is 1. The van der Waals surface area contributed by atoms with Gasteiger partial charge in [0.25, 0.3) is 0 Å². The Hall–Kier alpha value is -7.68. The van der Waals surface area contributed by atoms with Gasteiger partial charge in [0.2, 0.25) is 24.6 Å². The van der Waals surface area contributed by atoms with Crippen LogP contribution in [0.4, 0.5) is 0 Å². The minimum Gasteiger partial charge on any atom is -0.508 e. The molecule has 16 unspecified atom stereocenters. The molecular formula is C51H54O28. The van der Waals surface area contributed by atoms with Gasteiger partial charge in [-0.3, -0.25) is 0 Å². The number of hydrogen-bond donors (Lipinski definition) is 17. The Morgan fingerprint density at radius 3 is 1.51 bits per heavy atom. The zero-order chi connectivity index (χ0) is 57.1. The van der Waals surface area contributed by atoms with Gasteiger partial charge in [0, 0.05) is 35.4 Å². The number of benzene rings is 3. The van der Waals surface area contributed by atoms with E-state index >= 15 is 0 Å². The SMILES string of the molecule is O=C(C=Cc1ccc(O)c(O)c1)OCC1OC(OC2=CC(O)=CC3OC(c4cc(O)c(O)c(OC5OC(COC(=O)C=Cc6ccc(O)c(O)c6)C(O)C(O)C5O)c4)=C(OC4OC(CO)C(O)C(O)C4O)C=C23)C(O)C(O)C1O. The van der Waals surface area contributed by atoms with Crippen molar-refractivity contribution in [2.45, 2.75) is 98.2 Å². The summed E-state index contributed by atoms with van der Waals surface area (Å²) >= 11 is 0. The normalized spacial score (nSPS) is 31.8. The lowest BCUT2D eigenvalue weighted by molar-refractivity contribution is -0.292. The van der Waals surface area contributed by atoms with Crippen LogP contribution < -0.4 is 4.74 Å². The van der Waals surface area contributed by atoms with E-state index < -0.39 is 193 Å². The Kier molecular flexibility index (Phi) is 17.6. The molecule has 8 rings (SSSR count). The second kappa shape index (κ2) is 24.1. The van der Waals surface area contributed by atoms with Gasteiger partial charge >= 0.3 is 11.9 Å². The van der Waals surface area contributed by atoms with Gasteiger partial charge in [-0.15, -0.1) is 0 Å². The molecule has 4 aliphatic heterocycles. The Morgan fingerprint density at radius 2 is 1.00 bits per heavy atom. The quantitative estimate of drug-likeness (QED) is 0.0404. The maximum atomic E-state index is 12.6. The van der Waals surface area contributed by atoms with Crippen molar-refractivity contribution in [2.24, 2.45) is 0 Å². The van der Waals surface area contributed by atoms with Crippen LogP contribution in [0.25, 0.3) is 17.9 Å². The van der Waals surface area contributed by atoms with Crippen molar-refractivity contribution >= 4 is 29.8 Å². The molecular weight excluding hydrogens is 1060 g/mol. The third-order valence-corrected chi connectivity index (χ3v) is 12.8. The third-order valence-electron chi connectivity index (χ3n) is 12.8. The van der Waals surface area contributed by atoms with Crippen molar-refractivity contribution in [1.82, 2.24) is 0 Å². The molecule has 0 spiro atoms. The average Bonchev–Trinajstić information content (AvgIpc) is 3.54. The first-order chi connectivity index (χ1) is 37.5. The van der Waals surface area contributed by atoms with Crippen molar-refractivity contribution < 1.29 is 139 Å². The summed E-state index contributed by atoms with van der Waals surface area (Å²) in [6.07, 6.45) is -22.3. The van der Waals surface area contributed by atoms with Crippen LogP contribution in [0.5, 0.6) is 40.2 Å². The highest BCUT2D eigenvalue weighted by Gasteiger charge is 2.49. The molecule has 0 amide bonds. The number of phenolic OH excluding ortho intramolecular Hbond substituents is 6. The molecule has 0 aromatic heterocycles. The maximum Gasteiger partial charge on any atom is 0.330 e. The molecule has 28 nitrogen and oxygen atoms in total. The fourth-order valence-electron chi connectivity index (χ4n) is 8.39. The molecule has 4 heterocycles. The number of phenols is 6. The Balaban J connectivity index is 1.06. The lowest BCUT2D eigenvalue weighted by atomic mass is 9.96. The largest absolute Gasteiger partial charge is 0.508 e. The van der Waals surface area contributed by atoms with Gasteiger partial charge in [0.05, 0.1) is 6.61 Å². The van der Waals surface area contributed by atoms with Crippen molar-refractivity contribution in [3.8, 4) is 40.2 Å². The van der Waals surface area contributed by atoms with Crippen molar-refractivity contribution in [2.75, 3.05) is 19.8 Å². The van der Waals surface area contributed by atoms with Crippen LogP contribution >= 0.6 is 0 Å². The zero-order valence-corrected chi connectivity index (χ0v) is 40.6. The topological polar surface area (TPSA) is 461 Å². The first-order valence-electron chi connectivity index (χ1n) is 23.8. The Bertz CT molecular complexity index is 2930. The van der Waals surface area contributed by atoms with Crippen molar-refractivity contribution in [1.29, 1.82) is 0 Å². The molecule has 3 aromatic carbocycles. The summed E-state index contributed by atoms with van der Waals surface area (Å²) in [5, 5.41) is 179. The fourth-order valence-corrected chi connectivity index (χ4v) is 8.39. The highest BCUT2D eigenvalue weighted by Crippen LogP contribution is 2.45. The van der Waals surface area contributed by atoms with Gasteiger partial charge in [0.15, 0.2) is 46.0 Å². The van der Waals surface area contributed by atoms with E-state index in [0.29, 0.717) is 5.56 Å². The minimum absolute atomic E-state index is 0.112. The van der Waals surface area contributed by atoms with E-state index in [9.17, 15) is 96.4 Å². The lowest BCUT2D eigenvalue weighted by Gasteiger charge is -2.41. The number of aromatic hydroxyl groups is 6. The molecule has 16 atom stereocenters. The molecule has 79 heavy (non-hydrogen) atoms. The highest BCUT2D eigenvalue weighted by molar-refractivity contribution is 5.87. The number of allylic oxidation sites excluding steroid dienone is 2. The van der Waals surface area contributed by atoms with E-state index in [2.05, 4.69) is 0 Å². The number of hydrogen-bond acceptors (Lipinski definition) is 28. The van der Waals surface area contributed by atoms with Crippen LogP contribution in [0, 0.1) is 0 Å². The van der Waals surface area contributed by atoms with Crippen LogP contribution in [0.1, 0.15) is 16.7 Å². The second-order valence-corrected chi connectivity index (χ2v) is 18.3. The van der Waals surface area contributed by atoms with E-state index in [4.69, 9.17) is 42.6 Å². The van der Waals surface area contributed by atoms with Gasteiger partial charge in [0.1, 0.15) is 104 Å². The van der Waals surface area contributed by atoms with E-state index in [1.807, 2.05) is 0 Å². The number of ether oxygens (including phenoxy) is 9. The minimum atomic E-state index is -2.09. The van der Waals surface area contributed by atoms with Gasteiger partial charge in [-0.1, -0.05) is 12.1 Å². The van der Waals surface area contributed by atoms with Crippen LogP contribution in [-0.4, -0.2) is 217 Å². The predicted octanol–water partition coefficient (Wildman–Crippen LogP) is -2.41. The van der Waals surface area contributed by atoms with Crippen LogP contribution in [0.15, 0.2) is 102 Å². The fraction of sp³-hybridized carbons (Fsp3) is 0.373. The molecule has 28 heteroatoms. The molecule has 3 aromatic rings. The Morgan fingerprint density at radius 1 is 0.519 bits per heavy atom. The summed E-state index contributed by atoms with van der Waals surface area (Å²) in [4.78, 5) is 25.2. The standard InChI is InChI=1S/C51H54O28/c52-16-33-39(62)42(65)45(68)51(77-33)76-32-15-23-29(13-22(53)14-30(23)74-49-46(69)43(66)40(63)34(78-49)17-71-36(59)7-3-19-1-5-24(54)26(56)9-19)73-48(32)21-11-28(58)38(61)31(12-21)75-50-47(70)44(67)41(64)35(79-50)18-72-37(60)8-4-20-2-6-25(55)27(57)10-20/h1-15,29,33-35,39-47,49-58,61-70H,16-18H2. The smallest absolute Gasteiger partial charge is 0.330 e. The molecule has 1 aliphatic carbocycles. The van der Waals surface area contributed by atoms with Crippen molar-refractivity contribution in [3.05, 3.63) is 118 Å². The van der Waals surface area contributed by atoms with Gasteiger partial charge in [-0.2, -0.15) is 0 Å². The first-order valence-corrected chi connectivity index (χ1v) is 23.8. The molecule has 0 saturated carbocycles. The molecule has 0 radical (unpaired) electrons. The summed E-state index contributed by atoms with van der Waals surface area (Å²) in [6.45, 7) is -2.39. The predicted molar refractivity (Wildman–Crippen MR) is 258 cm³/mol. The van der Waals surface area contributed by atoms with Gasteiger partial charge < -0.3 is 129 Å². The van der Waals surface area contributed by atoms with Crippen LogP contribution in [0.2, 0.25) is 0 Å². The summed E-state index contributed by atoms with van der Waals surface area (Å²) in [6, 6.07) is 9.25. The lowest BCUT2D eigenvalue weighted by Crippen LogP contribution is -2.60. The number of aliphatic hydroxyl groups excluding tert-OH is 11. The molecule has 3 saturated heterocycles. The van der Waals surface area contributed by atoms with Gasteiger partial charge in [-0.05, 0) is 65.8 Å². The second-order valence-electron chi connectivity index (χ2n) is 18.3. The summed E-state index contributed by atoms with van der Waals surface area (Å²) in [7, 11) is 0. The molecule has 3 fully saturated rings. The molecule has 5 aliphatic rings. The number of rotatable bonds is 16. The van der Waals surface area contributed by atoms with Crippen LogP contribution in [0.3, 0.4) is 0 Å². The van der Waals surface area contributed by atoms with E-state index in [1.165, 1.54) is 36.4 Å². The van der Waals surface area contributed by atoms with Gasteiger partial charge in [-0.25, -0.2) is 9.59 Å². The molecule has 0 bridgehead atoms. The average molecular weight is 1110 g/mol. The molecule has 17 N–H and O–H groups in total. The monoisotopic (exact) mass is 1110 g/mol. The van der Waals surface area contributed by atoms with E-state index in [-0.39, 0.29) is 16.7 Å². The zero-order valence-electron chi connectivity index (χ0n) is 40.6. The van der Waals surface area contributed by atoms with E-state index in [0.717, 1.165) is 54.6 Å². The number of esters is 2. The number of carbonyl (C=O) groups is 2. The summed E-state index contributed by atoms with van der Waals surface area (Å²) in [5.41, 5.74) is 0.165. The Labute approximate surface area is 444 Å². The summed E-state index contributed by atoms with van der Waals surface area (Å²) < 4.78 is 51.3. The van der Waals surface area contributed by atoms with E-state index in [1.54, 1.807) is 0 Å². The highest BCUT2D eigenvalue weighted by atomic mass is 16.7. The maximum absolute atomic E-state index is 12.6. The third kappa shape index (κ3) is 12.8. The number of carbonyl (C=O) groups excluding carboxylic acids is 2. The summed E-state index contributed by atoms with van der Waals surface area (Å²) in [5.74, 6) is -8.35. The van der Waals surface area contributed by atoms with Crippen LogP contribution in [-0.2, 0) is 47.5 Å². The number of aliphatic hydroxyl groups is 11. The first kappa shape index (κ1) is 57.5.